The number of aliphatic imine (C=N–C) groups is 1. The Morgan fingerprint density at radius 1 is 1.07 bits per heavy atom. The monoisotopic (exact) mass is 416 g/mol. The highest BCUT2D eigenvalue weighted by atomic mass is 16.2. The van der Waals surface area contributed by atoms with Gasteiger partial charge >= 0.3 is 0 Å². The van der Waals surface area contributed by atoms with E-state index in [1.54, 1.807) is 0 Å². The van der Waals surface area contributed by atoms with E-state index < -0.39 is 0 Å². The largest absolute Gasteiger partial charge is 0.369 e. The van der Waals surface area contributed by atoms with Crippen LogP contribution in [0.3, 0.4) is 0 Å². The molecule has 0 unspecified atom stereocenters. The van der Waals surface area contributed by atoms with Crippen molar-refractivity contribution in [2.75, 3.05) is 77.4 Å². The van der Waals surface area contributed by atoms with Crippen molar-refractivity contribution < 1.29 is 4.79 Å². The van der Waals surface area contributed by atoms with E-state index in [1.807, 2.05) is 30.7 Å². The van der Waals surface area contributed by atoms with Crippen molar-refractivity contribution in [2.45, 2.75) is 27.2 Å². The predicted molar refractivity (Wildman–Crippen MR) is 126 cm³/mol. The summed E-state index contributed by atoms with van der Waals surface area (Å²) in [6.45, 7) is 14.9. The van der Waals surface area contributed by atoms with Gasteiger partial charge in [0.15, 0.2) is 5.96 Å². The summed E-state index contributed by atoms with van der Waals surface area (Å²) >= 11 is 0. The first-order valence-corrected chi connectivity index (χ1v) is 11.4. The molecular formula is C23H40N6O. The van der Waals surface area contributed by atoms with Gasteiger partial charge in [0.2, 0.25) is 5.91 Å². The van der Waals surface area contributed by atoms with Crippen LogP contribution < -0.4 is 10.2 Å². The molecule has 1 aromatic carbocycles. The number of carbonyl (C=O) groups excluding carboxylic acids is 1. The van der Waals surface area contributed by atoms with E-state index in [1.165, 1.54) is 5.69 Å². The van der Waals surface area contributed by atoms with Crippen LogP contribution in [-0.4, -0.2) is 99.1 Å². The summed E-state index contributed by atoms with van der Waals surface area (Å²) in [4.78, 5) is 25.9. The van der Waals surface area contributed by atoms with Crippen LogP contribution in [0.4, 0.5) is 5.69 Å². The molecule has 1 aliphatic rings. The summed E-state index contributed by atoms with van der Waals surface area (Å²) in [5, 5.41) is 3.31. The molecule has 2 rings (SSSR count). The van der Waals surface area contributed by atoms with Crippen LogP contribution in [0.25, 0.3) is 0 Å². The Morgan fingerprint density at radius 2 is 1.73 bits per heavy atom. The van der Waals surface area contributed by atoms with E-state index in [-0.39, 0.29) is 5.91 Å². The number of para-hydroxylation sites is 1. The fraction of sp³-hybridized carbons (Fsp3) is 0.652. The predicted octanol–water partition coefficient (Wildman–Crippen LogP) is 1.96. The number of hydrogen-bond acceptors (Lipinski definition) is 4. The molecular weight excluding hydrogens is 376 g/mol. The third-order valence-electron chi connectivity index (χ3n) is 5.57. The molecule has 168 valence electrons. The Hall–Kier alpha value is -2.28. The highest BCUT2D eigenvalue weighted by Crippen LogP contribution is 2.15. The molecule has 0 radical (unpaired) electrons. The maximum absolute atomic E-state index is 12.4. The molecule has 1 amide bonds. The zero-order chi connectivity index (χ0) is 21.8. The number of benzene rings is 1. The van der Waals surface area contributed by atoms with E-state index in [4.69, 9.17) is 4.99 Å². The second-order valence-corrected chi connectivity index (χ2v) is 7.68. The number of guanidine groups is 1. The van der Waals surface area contributed by atoms with Gasteiger partial charge in [-0.05, 0) is 39.3 Å². The van der Waals surface area contributed by atoms with Gasteiger partial charge in [-0.25, -0.2) is 0 Å². The van der Waals surface area contributed by atoms with Crippen molar-refractivity contribution in [3.63, 3.8) is 0 Å². The first kappa shape index (κ1) is 24.0. The number of amides is 1. The van der Waals surface area contributed by atoms with Crippen molar-refractivity contribution in [3.8, 4) is 0 Å². The normalized spacial score (nSPS) is 15.2. The highest BCUT2D eigenvalue weighted by molar-refractivity contribution is 5.86. The van der Waals surface area contributed by atoms with Crippen molar-refractivity contribution in [3.05, 3.63) is 30.3 Å². The maximum Gasteiger partial charge on any atom is 0.242 e. The van der Waals surface area contributed by atoms with Crippen LogP contribution in [0.2, 0.25) is 0 Å². The summed E-state index contributed by atoms with van der Waals surface area (Å²) < 4.78 is 0. The van der Waals surface area contributed by atoms with E-state index in [0.29, 0.717) is 6.54 Å². The van der Waals surface area contributed by atoms with Crippen molar-refractivity contribution in [1.82, 2.24) is 20.0 Å². The van der Waals surface area contributed by atoms with Crippen LogP contribution in [0, 0.1) is 0 Å². The van der Waals surface area contributed by atoms with Crippen molar-refractivity contribution in [2.24, 2.45) is 4.99 Å². The van der Waals surface area contributed by atoms with Gasteiger partial charge in [0.05, 0.1) is 6.54 Å². The first-order valence-electron chi connectivity index (χ1n) is 11.4. The van der Waals surface area contributed by atoms with Crippen LogP contribution in [0.15, 0.2) is 35.3 Å². The minimum atomic E-state index is 0.143. The lowest BCUT2D eigenvalue weighted by Gasteiger charge is -2.36. The third kappa shape index (κ3) is 7.52. The van der Waals surface area contributed by atoms with Crippen LogP contribution in [0.1, 0.15) is 27.2 Å². The average Bonchev–Trinajstić information content (AvgIpc) is 2.77. The molecule has 0 aliphatic carbocycles. The summed E-state index contributed by atoms with van der Waals surface area (Å²) in [5.74, 6) is 0.955. The Kier molecular flexibility index (Phi) is 10.5. The minimum Gasteiger partial charge on any atom is -0.369 e. The smallest absolute Gasteiger partial charge is 0.242 e. The number of piperazine rings is 1. The van der Waals surface area contributed by atoms with Gasteiger partial charge in [-0.1, -0.05) is 18.2 Å². The quantitative estimate of drug-likeness (QED) is 0.359. The molecule has 1 saturated heterocycles. The molecule has 7 nitrogen and oxygen atoms in total. The second kappa shape index (κ2) is 13.1. The molecule has 1 N–H and O–H groups in total. The lowest BCUT2D eigenvalue weighted by atomic mass is 10.2. The van der Waals surface area contributed by atoms with Crippen LogP contribution in [-0.2, 0) is 4.79 Å². The summed E-state index contributed by atoms with van der Waals surface area (Å²) in [6, 6.07) is 10.7. The number of likely N-dealkylation sites (N-methyl/N-ethyl adjacent to an activating group) is 2. The zero-order valence-corrected chi connectivity index (χ0v) is 19.3. The number of rotatable bonds is 10. The Bertz CT molecular complexity index is 638. The number of anilines is 1. The summed E-state index contributed by atoms with van der Waals surface area (Å²) in [5.41, 5.74) is 1.32. The molecule has 30 heavy (non-hydrogen) atoms. The SMILES string of the molecule is CCNC(=NCCCN1CCN(c2ccccc2)CC1)N(C)CC(=O)N(CC)CC. The molecule has 0 aromatic heterocycles. The molecule has 1 aliphatic heterocycles. The van der Waals surface area contributed by atoms with E-state index in [0.717, 1.165) is 71.3 Å². The lowest BCUT2D eigenvalue weighted by Crippen LogP contribution is -2.47. The van der Waals surface area contributed by atoms with Gasteiger partial charge in [-0.3, -0.25) is 14.7 Å². The molecule has 7 heteroatoms. The number of nitrogens with one attached hydrogen (secondary N) is 1. The molecule has 1 heterocycles. The van der Waals surface area contributed by atoms with Crippen molar-refractivity contribution in [1.29, 1.82) is 0 Å². The Labute approximate surface area is 182 Å². The number of hydrogen-bond donors (Lipinski definition) is 1. The topological polar surface area (TPSA) is 54.4 Å². The average molecular weight is 417 g/mol. The standard InChI is InChI=1S/C23H40N6O/c1-5-24-23(26(4)20-22(30)28(6-2)7-3)25-14-11-15-27-16-18-29(19-17-27)21-12-9-8-10-13-21/h8-10,12-13H,5-7,11,14-20H2,1-4H3,(H,24,25). The van der Waals surface area contributed by atoms with Gasteiger partial charge < -0.3 is 20.0 Å². The minimum absolute atomic E-state index is 0.143. The maximum atomic E-state index is 12.4. The van der Waals surface area contributed by atoms with Crippen LogP contribution in [0.5, 0.6) is 0 Å². The summed E-state index contributed by atoms with van der Waals surface area (Å²) in [6.07, 6.45) is 1.03. The van der Waals surface area contributed by atoms with Gasteiger partial charge in [-0.2, -0.15) is 0 Å². The molecule has 0 atom stereocenters. The third-order valence-corrected chi connectivity index (χ3v) is 5.57. The van der Waals surface area contributed by atoms with E-state index >= 15 is 0 Å². The first-order chi connectivity index (χ1) is 14.6. The zero-order valence-electron chi connectivity index (χ0n) is 19.3. The van der Waals surface area contributed by atoms with Gasteiger partial charge in [0.1, 0.15) is 0 Å². The van der Waals surface area contributed by atoms with Gasteiger partial charge in [0.25, 0.3) is 0 Å². The van der Waals surface area contributed by atoms with E-state index in [9.17, 15) is 4.79 Å². The number of nitrogens with zero attached hydrogens (tertiary/aromatic N) is 5. The summed E-state index contributed by atoms with van der Waals surface area (Å²) in [7, 11) is 1.94. The second-order valence-electron chi connectivity index (χ2n) is 7.68. The Balaban J connectivity index is 1.74. The molecule has 1 fully saturated rings. The Morgan fingerprint density at radius 3 is 2.33 bits per heavy atom. The van der Waals surface area contributed by atoms with Crippen molar-refractivity contribution >= 4 is 17.6 Å². The molecule has 0 spiro atoms. The molecule has 0 saturated carbocycles. The molecule has 0 bridgehead atoms. The molecule has 1 aromatic rings. The van der Waals surface area contributed by atoms with Crippen LogP contribution >= 0.6 is 0 Å². The fourth-order valence-corrected chi connectivity index (χ4v) is 3.77. The van der Waals surface area contributed by atoms with Gasteiger partial charge in [-0.15, -0.1) is 0 Å². The highest BCUT2D eigenvalue weighted by Gasteiger charge is 2.17. The van der Waals surface area contributed by atoms with E-state index in [2.05, 4.69) is 52.4 Å². The lowest BCUT2D eigenvalue weighted by molar-refractivity contribution is -0.131. The van der Waals surface area contributed by atoms with Gasteiger partial charge in [0, 0.05) is 71.6 Å². The fourth-order valence-electron chi connectivity index (χ4n) is 3.77. The number of carbonyl (C=O) groups is 1.